The van der Waals surface area contributed by atoms with E-state index in [-0.39, 0.29) is 35.8 Å². The SMILES string of the molecule is CC(C)C[C@H](NC(=O)[C@H](Cc1ccccc1)N1C(=O)[C@@H](NC(=O)[C@H](CCc2ccccc2)NC(=O)c2c[nH]c(=O)s2)CC1C)C(=O)C1(C)CO1. The highest BCUT2D eigenvalue weighted by molar-refractivity contribution is 7.11. The van der Waals surface area contributed by atoms with E-state index < -0.39 is 64.3 Å². The molecule has 0 spiro atoms. The Morgan fingerprint density at radius 2 is 1.60 bits per heavy atom. The molecule has 50 heavy (non-hydrogen) atoms. The predicted octanol–water partition coefficient (Wildman–Crippen LogP) is 2.77. The lowest BCUT2D eigenvalue weighted by atomic mass is 9.92. The number of hydrogen-bond donors (Lipinski definition) is 4. The third kappa shape index (κ3) is 9.13. The minimum absolute atomic E-state index is 0.113. The molecule has 13 heteroatoms. The Balaban J connectivity index is 1.34. The number of carbonyl (C=O) groups is 5. The zero-order valence-electron chi connectivity index (χ0n) is 28.8. The van der Waals surface area contributed by atoms with Crippen molar-refractivity contribution in [2.75, 3.05) is 6.61 Å². The molecule has 2 saturated heterocycles. The van der Waals surface area contributed by atoms with Crippen LogP contribution >= 0.6 is 11.3 Å². The topological polar surface area (TPSA) is 170 Å². The molecule has 0 aliphatic carbocycles. The van der Waals surface area contributed by atoms with Gasteiger partial charge in [0.15, 0.2) is 5.78 Å². The summed E-state index contributed by atoms with van der Waals surface area (Å²) in [5, 5.41) is 8.54. The Bertz CT molecular complexity index is 1740. The van der Waals surface area contributed by atoms with Crippen LogP contribution in [0.25, 0.3) is 0 Å². The normalized spacial score (nSPS) is 21.7. The lowest BCUT2D eigenvalue weighted by Crippen LogP contribution is -2.57. The molecule has 2 aliphatic heterocycles. The number of Topliss-reactive ketones (excluding diaryl/α,β-unsaturated/α-hetero) is 1. The van der Waals surface area contributed by atoms with Crippen LogP contribution in [0, 0.1) is 5.92 Å². The Morgan fingerprint density at radius 3 is 2.18 bits per heavy atom. The van der Waals surface area contributed by atoms with Crippen LogP contribution in [-0.2, 0) is 36.8 Å². The van der Waals surface area contributed by atoms with Crippen molar-refractivity contribution in [3.05, 3.63) is 92.5 Å². The number of aromatic amines is 1. The number of thiazole rings is 1. The maximum atomic E-state index is 14.1. The molecule has 266 valence electrons. The van der Waals surface area contributed by atoms with Gasteiger partial charge in [-0.15, -0.1) is 0 Å². The van der Waals surface area contributed by atoms with E-state index in [1.54, 1.807) is 6.92 Å². The molecular weight excluding hydrogens is 659 g/mol. The van der Waals surface area contributed by atoms with Gasteiger partial charge in [0.25, 0.3) is 5.91 Å². The zero-order chi connectivity index (χ0) is 36.0. The lowest BCUT2D eigenvalue weighted by Gasteiger charge is -2.33. The fourth-order valence-corrected chi connectivity index (χ4v) is 6.99. The van der Waals surface area contributed by atoms with Gasteiger partial charge in [-0.05, 0) is 56.6 Å². The number of ketones is 1. The van der Waals surface area contributed by atoms with Crippen molar-refractivity contribution in [2.24, 2.45) is 5.92 Å². The summed E-state index contributed by atoms with van der Waals surface area (Å²) in [5.74, 6) is -2.09. The minimum atomic E-state index is -1.01. The van der Waals surface area contributed by atoms with Crippen LogP contribution in [0.4, 0.5) is 0 Å². The number of amides is 4. The first-order valence-corrected chi connectivity index (χ1v) is 17.8. The van der Waals surface area contributed by atoms with Crippen molar-refractivity contribution in [1.29, 1.82) is 0 Å². The van der Waals surface area contributed by atoms with Crippen LogP contribution in [0.3, 0.4) is 0 Å². The largest absolute Gasteiger partial charge is 0.361 e. The van der Waals surface area contributed by atoms with Crippen LogP contribution in [0.15, 0.2) is 71.7 Å². The van der Waals surface area contributed by atoms with Gasteiger partial charge in [0, 0.05) is 18.7 Å². The van der Waals surface area contributed by atoms with Gasteiger partial charge in [-0.1, -0.05) is 85.8 Å². The number of H-pyrrole nitrogens is 1. The third-order valence-electron chi connectivity index (χ3n) is 9.20. The van der Waals surface area contributed by atoms with Crippen molar-refractivity contribution in [3.63, 3.8) is 0 Å². The summed E-state index contributed by atoms with van der Waals surface area (Å²) in [6, 6.07) is 14.7. The zero-order valence-corrected chi connectivity index (χ0v) is 29.6. The van der Waals surface area contributed by atoms with Crippen molar-refractivity contribution in [3.8, 4) is 0 Å². The van der Waals surface area contributed by atoms with E-state index in [4.69, 9.17) is 4.74 Å². The van der Waals surface area contributed by atoms with Gasteiger partial charge in [0.2, 0.25) is 17.7 Å². The second-order valence-corrected chi connectivity index (χ2v) is 14.8. The van der Waals surface area contributed by atoms with Gasteiger partial charge in [-0.25, -0.2) is 0 Å². The van der Waals surface area contributed by atoms with E-state index in [0.29, 0.717) is 19.4 Å². The summed E-state index contributed by atoms with van der Waals surface area (Å²) in [5.41, 5.74) is 0.869. The molecule has 5 rings (SSSR count). The summed E-state index contributed by atoms with van der Waals surface area (Å²) in [6.07, 6.45) is 2.87. The molecule has 2 aliphatic rings. The number of hydrogen-bond acceptors (Lipinski definition) is 8. The molecule has 0 bridgehead atoms. The molecule has 0 saturated carbocycles. The second-order valence-electron chi connectivity index (χ2n) is 13.8. The van der Waals surface area contributed by atoms with Gasteiger partial charge in [-0.3, -0.25) is 28.8 Å². The van der Waals surface area contributed by atoms with E-state index in [1.807, 2.05) is 81.4 Å². The Kier molecular flexibility index (Phi) is 11.7. The van der Waals surface area contributed by atoms with Crippen LogP contribution in [-0.4, -0.2) is 81.7 Å². The molecule has 3 aromatic rings. The number of aromatic nitrogens is 1. The molecule has 2 fully saturated rings. The molecule has 1 aromatic heterocycles. The summed E-state index contributed by atoms with van der Waals surface area (Å²) in [6.45, 7) is 7.78. The van der Waals surface area contributed by atoms with Crippen LogP contribution in [0.5, 0.6) is 0 Å². The number of epoxide rings is 1. The Hall–Kier alpha value is -4.62. The smallest absolute Gasteiger partial charge is 0.305 e. The Labute approximate surface area is 295 Å². The summed E-state index contributed by atoms with van der Waals surface area (Å²) >= 11 is 0.736. The number of aryl methyl sites for hydroxylation is 1. The van der Waals surface area contributed by atoms with Crippen LogP contribution in [0.2, 0.25) is 0 Å². The van der Waals surface area contributed by atoms with E-state index in [2.05, 4.69) is 20.9 Å². The molecule has 4 N–H and O–H groups in total. The number of likely N-dealkylation sites (tertiary alicyclic amines) is 1. The van der Waals surface area contributed by atoms with Crippen molar-refractivity contribution >= 4 is 40.7 Å². The number of nitrogens with one attached hydrogen (secondary N) is 4. The van der Waals surface area contributed by atoms with E-state index in [0.717, 1.165) is 22.5 Å². The first-order chi connectivity index (χ1) is 23.8. The van der Waals surface area contributed by atoms with Gasteiger partial charge in [0.1, 0.15) is 28.6 Å². The molecule has 0 radical (unpaired) electrons. The fraction of sp³-hybridized carbons (Fsp3) is 0.459. The maximum Gasteiger partial charge on any atom is 0.305 e. The lowest BCUT2D eigenvalue weighted by molar-refractivity contribution is -0.142. The molecular formula is C37H45N5O7S. The number of ether oxygens (including phenoxy) is 1. The van der Waals surface area contributed by atoms with Gasteiger partial charge in [0.05, 0.1) is 12.6 Å². The quantitative estimate of drug-likeness (QED) is 0.166. The molecule has 2 unspecified atom stereocenters. The average Bonchev–Trinajstić information content (AvgIpc) is 3.59. The van der Waals surface area contributed by atoms with Crippen LogP contribution in [0.1, 0.15) is 67.8 Å². The number of nitrogens with zero attached hydrogens (tertiary/aromatic N) is 1. The molecule has 2 aromatic carbocycles. The molecule has 4 amide bonds. The van der Waals surface area contributed by atoms with E-state index >= 15 is 0 Å². The van der Waals surface area contributed by atoms with E-state index in [1.165, 1.54) is 11.1 Å². The first-order valence-electron chi connectivity index (χ1n) is 17.0. The first kappa shape index (κ1) is 36.7. The maximum absolute atomic E-state index is 14.1. The molecule has 12 nitrogen and oxygen atoms in total. The predicted molar refractivity (Wildman–Crippen MR) is 188 cm³/mol. The van der Waals surface area contributed by atoms with Gasteiger partial charge >= 0.3 is 4.87 Å². The monoisotopic (exact) mass is 703 g/mol. The summed E-state index contributed by atoms with van der Waals surface area (Å²) in [7, 11) is 0. The Morgan fingerprint density at radius 1 is 0.960 bits per heavy atom. The second kappa shape index (κ2) is 15.9. The highest BCUT2D eigenvalue weighted by atomic mass is 32.1. The third-order valence-corrected chi connectivity index (χ3v) is 10.0. The van der Waals surface area contributed by atoms with Crippen LogP contribution < -0.4 is 20.8 Å². The number of benzene rings is 2. The van der Waals surface area contributed by atoms with Gasteiger partial charge < -0.3 is 30.6 Å². The van der Waals surface area contributed by atoms with Crippen molar-refractivity contribution in [2.45, 2.75) is 95.6 Å². The van der Waals surface area contributed by atoms with Crippen molar-refractivity contribution < 1.29 is 28.7 Å². The minimum Gasteiger partial charge on any atom is -0.361 e. The highest BCUT2D eigenvalue weighted by Gasteiger charge is 2.51. The fourth-order valence-electron chi connectivity index (χ4n) is 6.40. The van der Waals surface area contributed by atoms with Crippen molar-refractivity contribution in [1.82, 2.24) is 25.8 Å². The van der Waals surface area contributed by atoms with E-state index in [9.17, 15) is 28.8 Å². The highest BCUT2D eigenvalue weighted by Crippen LogP contribution is 2.30. The standard InChI is InChI=1S/C37H45N5O7S/c1-22(2)17-27(31(43)37(4)21-49-37)40-33(45)29(19-25-13-9-6-10-14-25)42-23(3)18-28(35(42)47)41-32(44)26(16-15-24-11-7-5-8-12-24)39-34(46)30-20-38-36(48)50-30/h5-14,20,22-23,26-29H,15-19,21H2,1-4H3,(H,38,48)(H,39,46)(H,40,45)(H,41,44)/t23?,26-,27-,28-,29-,37?/m0/s1. The average molecular weight is 704 g/mol. The van der Waals surface area contributed by atoms with Gasteiger partial charge in [-0.2, -0.15) is 0 Å². The summed E-state index contributed by atoms with van der Waals surface area (Å²) in [4.78, 5) is 83.8. The summed E-state index contributed by atoms with van der Waals surface area (Å²) < 4.78 is 5.41. The molecule has 3 heterocycles. The number of carbonyl (C=O) groups excluding carboxylic acids is 5. The number of rotatable bonds is 16. The molecule has 6 atom stereocenters.